The van der Waals surface area contributed by atoms with Crippen LogP contribution in [0.25, 0.3) is 5.65 Å². The van der Waals surface area contributed by atoms with Crippen LogP contribution in [0.2, 0.25) is 0 Å². The number of fused-ring (bicyclic) bond motifs is 1. The maximum atomic E-state index is 13.0. The maximum Gasteiger partial charge on any atom is 0.250 e. The Morgan fingerprint density at radius 2 is 1.88 bits per heavy atom. The molecule has 1 N–H and O–H groups in total. The number of carbonyl (C=O) groups is 1. The monoisotopic (exact) mass is 348 g/mol. The van der Waals surface area contributed by atoms with Crippen LogP contribution in [0.15, 0.2) is 61.1 Å². The number of nitrogens with zero attached hydrogens (tertiary/aromatic N) is 7. The minimum Gasteiger partial charge on any atom is -0.344 e. The maximum absolute atomic E-state index is 13.0. The second-order valence-electron chi connectivity index (χ2n) is 5.82. The fourth-order valence-corrected chi connectivity index (χ4v) is 2.86. The third-order valence-corrected chi connectivity index (χ3v) is 4.08. The first-order valence-electron chi connectivity index (χ1n) is 8.11. The van der Waals surface area contributed by atoms with Gasteiger partial charge in [0, 0.05) is 6.20 Å². The van der Waals surface area contributed by atoms with Gasteiger partial charge in [0.15, 0.2) is 17.5 Å². The quantitative estimate of drug-likeness (QED) is 0.581. The number of nitrogens with one attached hydrogen (secondary N) is 1. The molecule has 0 fully saturated rings. The van der Waals surface area contributed by atoms with Crippen molar-refractivity contribution < 1.29 is 4.79 Å². The fraction of sp³-hybridized carbons (Fsp3) is 0.176. The first-order valence-corrected chi connectivity index (χ1v) is 8.11. The highest BCUT2D eigenvalue weighted by Crippen LogP contribution is 2.19. The lowest BCUT2D eigenvalue weighted by Gasteiger charge is -2.19. The Hall–Kier alpha value is -3.62. The number of tetrazole rings is 1. The molecular weight excluding hydrogens is 332 g/mol. The number of rotatable bonds is 5. The number of hydrogen-bond donors (Lipinski definition) is 1. The highest BCUT2D eigenvalue weighted by atomic mass is 16.2. The Balaban J connectivity index is 1.62. The summed E-state index contributed by atoms with van der Waals surface area (Å²) in [5.41, 5.74) is 1.51. The van der Waals surface area contributed by atoms with E-state index >= 15 is 0 Å². The summed E-state index contributed by atoms with van der Waals surface area (Å²) >= 11 is 0. The Labute approximate surface area is 148 Å². The van der Waals surface area contributed by atoms with Crippen molar-refractivity contribution in [3.8, 4) is 0 Å². The molecule has 0 bridgehead atoms. The molecule has 1 amide bonds. The standard InChI is InChI=1S/C17H16N8O/c1-12(16-21-20-14-9-5-6-10-24(14)16)19-17(26)15(25-11-18-22-23-25)13-7-3-2-4-8-13/h2-12,15H,1H3,(H,19,26). The topological polar surface area (TPSA) is 103 Å². The highest BCUT2D eigenvalue weighted by molar-refractivity contribution is 5.83. The summed E-state index contributed by atoms with van der Waals surface area (Å²) in [4.78, 5) is 13.0. The molecule has 4 rings (SSSR count). The number of aromatic nitrogens is 7. The lowest BCUT2D eigenvalue weighted by molar-refractivity contribution is -0.124. The SMILES string of the molecule is CC(NC(=O)C(c1ccccc1)n1cnnn1)c1nnc2ccccn12. The minimum atomic E-state index is -0.673. The van der Waals surface area contributed by atoms with Crippen LogP contribution < -0.4 is 5.32 Å². The third kappa shape index (κ3) is 2.90. The van der Waals surface area contributed by atoms with Crippen molar-refractivity contribution in [1.29, 1.82) is 0 Å². The van der Waals surface area contributed by atoms with Crippen molar-refractivity contribution in [1.82, 2.24) is 40.1 Å². The summed E-state index contributed by atoms with van der Waals surface area (Å²) in [6, 6.07) is 14.0. The summed E-state index contributed by atoms with van der Waals surface area (Å²) in [5.74, 6) is 0.418. The Morgan fingerprint density at radius 3 is 2.65 bits per heavy atom. The minimum absolute atomic E-state index is 0.233. The van der Waals surface area contributed by atoms with E-state index in [0.29, 0.717) is 5.82 Å². The molecule has 2 unspecified atom stereocenters. The predicted molar refractivity (Wildman–Crippen MR) is 91.9 cm³/mol. The summed E-state index contributed by atoms with van der Waals surface area (Å²) in [7, 11) is 0. The number of carbonyl (C=O) groups excluding carboxylic acids is 1. The van der Waals surface area contributed by atoms with Gasteiger partial charge in [-0.25, -0.2) is 4.68 Å². The zero-order valence-electron chi connectivity index (χ0n) is 14.0. The molecule has 0 radical (unpaired) electrons. The predicted octanol–water partition coefficient (Wildman–Crippen LogP) is 1.18. The van der Waals surface area contributed by atoms with Gasteiger partial charge in [-0.15, -0.1) is 15.3 Å². The molecule has 26 heavy (non-hydrogen) atoms. The van der Waals surface area contributed by atoms with Crippen LogP contribution in [0.3, 0.4) is 0 Å². The summed E-state index contributed by atoms with van der Waals surface area (Å²) in [5, 5.41) is 22.5. The molecule has 0 aliphatic rings. The molecule has 130 valence electrons. The average molecular weight is 348 g/mol. The number of amides is 1. The van der Waals surface area contributed by atoms with E-state index in [1.54, 1.807) is 0 Å². The molecule has 3 aromatic heterocycles. The zero-order chi connectivity index (χ0) is 17.9. The largest absolute Gasteiger partial charge is 0.344 e. The van der Waals surface area contributed by atoms with Gasteiger partial charge in [-0.05, 0) is 35.0 Å². The molecule has 0 saturated carbocycles. The number of pyridine rings is 1. The normalized spacial score (nSPS) is 13.4. The van der Waals surface area contributed by atoms with Crippen molar-refractivity contribution in [2.75, 3.05) is 0 Å². The van der Waals surface area contributed by atoms with Gasteiger partial charge < -0.3 is 5.32 Å². The molecule has 4 aromatic rings. The molecule has 0 aliphatic carbocycles. The Bertz CT molecular complexity index is 1010. The molecular formula is C17H16N8O. The van der Waals surface area contributed by atoms with Crippen LogP contribution in [0.1, 0.15) is 30.4 Å². The fourth-order valence-electron chi connectivity index (χ4n) is 2.86. The van der Waals surface area contributed by atoms with Gasteiger partial charge in [0.1, 0.15) is 6.33 Å². The van der Waals surface area contributed by atoms with Crippen LogP contribution in [0.5, 0.6) is 0 Å². The van der Waals surface area contributed by atoms with Crippen LogP contribution in [-0.4, -0.2) is 40.7 Å². The van der Waals surface area contributed by atoms with E-state index in [0.717, 1.165) is 11.2 Å². The van der Waals surface area contributed by atoms with Crippen molar-refractivity contribution in [3.05, 3.63) is 72.4 Å². The van der Waals surface area contributed by atoms with E-state index in [4.69, 9.17) is 0 Å². The van der Waals surface area contributed by atoms with Gasteiger partial charge in [-0.2, -0.15) is 0 Å². The van der Waals surface area contributed by atoms with Crippen molar-refractivity contribution in [3.63, 3.8) is 0 Å². The van der Waals surface area contributed by atoms with Crippen molar-refractivity contribution in [2.24, 2.45) is 0 Å². The Morgan fingerprint density at radius 1 is 1.08 bits per heavy atom. The van der Waals surface area contributed by atoms with Crippen LogP contribution >= 0.6 is 0 Å². The third-order valence-electron chi connectivity index (χ3n) is 4.08. The van der Waals surface area contributed by atoms with E-state index < -0.39 is 6.04 Å². The summed E-state index contributed by atoms with van der Waals surface area (Å²) in [6.45, 7) is 1.86. The van der Waals surface area contributed by atoms with Crippen molar-refractivity contribution >= 4 is 11.6 Å². The first kappa shape index (κ1) is 15.9. The molecule has 9 heteroatoms. The highest BCUT2D eigenvalue weighted by Gasteiger charge is 2.26. The summed E-state index contributed by atoms with van der Waals surface area (Å²) in [6.07, 6.45) is 3.29. The number of hydrogen-bond acceptors (Lipinski definition) is 6. The lowest BCUT2D eigenvalue weighted by atomic mass is 10.1. The zero-order valence-corrected chi connectivity index (χ0v) is 14.0. The van der Waals surface area contributed by atoms with Crippen LogP contribution in [0, 0.1) is 0 Å². The molecule has 1 aromatic carbocycles. The van der Waals surface area contributed by atoms with Gasteiger partial charge in [-0.3, -0.25) is 9.20 Å². The summed E-state index contributed by atoms with van der Waals surface area (Å²) < 4.78 is 3.28. The molecule has 0 saturated heterocycles. The van der Waals surface area contributed by atoms with E-state index in [2.05, 4.69) is 31.0 Å². The second kappa shape index (κ2) is 6.71. The van der Waals surface area contributed by atoms with E-state index in [-0.39, 0.29) is 11.9 Å². The van der Waals surface area contributed by atoms with Gasteiger partial charge >= 0.3 is 0 Å². The molecule has 9 nitrogen and oxygen atoms in total. The number of benzene rings is 1. The van der Waals surface area contributed by atoms with E-state index in [1.807, 2.05) is 66.1 Å². The molecule has 0 spiro atoms. The van der Waals surface area contributed by atoms with Gasteiger partial charge in [-0.1, -0.05) is 36.4 Å². The van der Waals surface area contributed by atoms with Crippen molar-refractivity contribution in [2.45, 2.75) is 19.0 Å². The second-order valence-corrected chi connectivity index (χ2v) is 5.82. The lowest BCUT2D eigenvalue weighted by Crippen LogP contribution is -2.36. The van der Waals surface area contributed by atoms with Gasteiger partial charge in [0.25, 0.3) is 0 Å². The Kier molecular flexibility index (Phi) is 4.10. The van der Waals surface area contributed by atoms with Crippen LogP contribution in [-0.2, 0) is 4.79 Å². The van der Waals surface area contributed by atoms with E-state index in [9.17, 15) is 4.79 Å². The molecule has 3 heterocycles. The van der Waals surface area contributed by atoms with E-state index in [1.165, 1.54) is 11.0 Å². The van der Waals surface area contributed by atoms with Gasteiger partial charge in [0.05, 0.1) is 6.04 Å². The molecule has 2 atom stereocenters. The van der Waals surface area contributed by atoms with Crippen LogP contribution in [0.4, 0.5) is 0 Å². The van der Waals surface area contributed by atoms with Gasteiger partial charge in [0.2, 0.25) is 5.91 Å². The smallest absolute Gasteiger partial charge is 0.250 e. The molecule has 0 aliphatic heterocycles. The average Bonchev–Trinajstić information content (AvgIpc) is 3.32. The first-order chi connectivity index (χ1) is 12.7.